The van der Waals surface area contributed by atoms with Crippen molar-refractivity contribution in [3.05, 3.63) is 40.7 Å². The lowest BCUT2D eigenvalue weighted by Crippen LogP contribution is -2.31. The van der Waals surface area contributed by atoms with E-state index < -0.39 is 0 Å². The van der Waals surface area contributed by atoms with Crippen LogP contribution in [0.15, 0.2) is 35.7 Å². The van der Waals surface area contributed by atoms with Gasteiger partial charge in [-0.15, -0.1) is 11.3 Å². The highest BCUT2D eigenvalue weighted by Crippen LogP contribution is 2.22. The summed E-state index contributed by atoms with van der Waals surface area (Å²) >= 11 is 1.52. The number of aromatic nitrogens is 1. The molecule has 0 aliphatic heterocycles. The molecule has 0 radical (unpaired) electrons. The van der Waals surface area contributed by atoms with Gasteiger partial charge in [-0.1, -0.05) is 43.7 Å². The van der Waals surface area contributed by atoms with Gasteiger partial charge in [-0.05, 0) is 6.42 Å². The van der Waals surface area contributed by atoms with Crippen molar-refractivity contribution in [3.63, 3.8) is 0 Å². The van der Waals surface area contributed by atoms with Crippen LogP contribution >= 0.6 is 11.3 Å². The maximum Gasteiger partial charge on any atom is 0.156 e. The molecule has 0 spiro atoms. The number of nitrogens with two attached hydrogens (primary N) is 1. The van der Waals surface area contributed by atoms with Crippen molar-refractivity contribution in [1.29, 1.82) is 0 Å². The number of carbonyl (C=O) groups is 1. The van der Waals surface area contributed by atoms with Crippen molar-refractivity contribution in [3.8, 4) is 11.3 Å². The van der Waals surface area contributed by atoms with Crippen molar-refractivity contribution in [2.24, 2.45) is 5.73 Å². The fourth-order valence-corrected chi connectivity index (χ4v) is 2.70. The van der Waals surface area contributed by atoms with Crippen LogP contribution in [0.4, 0.5) is 0 Å². The SMILES string of the molecule is CCC[C@H](N)C(=O)Cc1nc(-c2ccccc2)cs1. The molecule has 2 N–H and O–H groups in total. The third-order valence-electron chi connectivity index (χ3n) is 2.96. The fraction of sp³-hybridized carbons (Fsp3) is 0.333. The third-order valence-corrected chi connectivity index (χ3v) is 3.81. The molecule has 3 nitrogen and oxygen atoms in total. The fourth-order valence-electron chi connectivity index (χ4n) is 1.89. The van der Waals surface area contributed by atoms with Crippen LogP contribution < -0.4 is 5.73 Å². The van der Waals surface area contributed by atoms with E-state index in [1.807, 2.05) is 42.6 Å². The van der Waals surface area contributed by atoms with E-state index in [9.17, 15) is 4.79 Å². The van der Waals surface area contributed by atoms with Crippen LogP contribution in [0.1, 0.15) is 24.8 Å². The summed E-state index contributed by atoms with van der Waals surface area (Å²) in [6, 6.07) is 9.62. The third kappa shape index (κ3) is 3.72. The van der Waals surface area contributed by atoms with Gasteiger partial charge in [0, 0.05) is 10.9 Å². The first-order valence-electron chi connectivity index (χ1n) is 6.48. The lowest BCUT2D eigenvalue weighted by molar-refractivity contribution is -0.119. The monoisotopic (exact) mass is 274 g/mol. The molecular weight excluding hydrogens is 256 g/mol. The maximum absolute atomic E-state index is 11.9. The van der Waals surface area contributed by atoms with Gasteiger partial charge in [-0.2, -0.15) is 0 Å². The second kappa shape index (κ2) is 6.59. The number of carbonyl (C=O) groups excluding carboxylic acids is 1. The Balaban J connectivity index is 2.04. The topological polar surface area (TPSA) is 56.0 Å². The summed E-state index contributed by atoms with van der Waals surface area (Å²) in [5.41, 5.74) is 7.83. The van der Waals surface area contributed by atoms with Crippen LogP contribution in [0.25, 0.3) is 11.3 Å². The van der Waals surface area contributed by atoms with E-state index in [0.29, 0.717) is 6.42 Å². The Morgan fingerprint density at radius 1 is 1.37 bits per heavy atom. The number of rotatable bonds is 6. The van der Waals surface area contributed by atoms with Crippen LogP contribution in [0.2, 0.25) is 0 Å². The van der Waals surface area contributed by atoms with E-state index in [0.717, 1.165) is 29.1 Å². The Morgan fingerprint density at radius 3 is 2.79 bits per heavy atom. The molecule has 0 fully saturated rings. The van der Waals surface area contributed by atoms with Crippen molar-refractivity contribution in [2.45, 2.75) is 32.2 Å². The van der Waals surface area contributed by atoms with Crippen LogP contribution in [0, 0.1) is 0 Å². The van der Waals surface area contributed by atoms with Gasteiger partial charge in [-0.25, -0.2) is 4.98 Å². The summed E-state index contributed by atoms with van der Waals surface area (Å²) in [6.07, 6.45) is 2.02. The summed E-state index contributed by atoms with van der Waals surface area (Å²) in [5, 5.41) is 2.83. The minimum Gasteiger partial charge on any atom is -0.321 e. The molecule has 0 unspecified atom stereocenters. The van der Waals surface area contributed by atoms with Crippen molar-refractivity contribution in [1.82, 2.24) is 4.98 Å². The quantitative estimate of drug-likeness (QED) is 0.880. The predicted molar refractivity (Wildman–Crippen MR) is 79.1 cm³/mol. The Bertz CT molecular complexity index is 536. The molecule has 1 atom stereocenters. The van der Waals surface area contributed by atoms with Crippen molar-refractivity contribution in [2.75, 3.05) is 0 Å². The number of thiazole rings is 1. The number of Topliss-reactive ketones (excluding diaryl/α,β-unsaturated/α-hetero) is 1. The molecule has 0 amide bonds. The van der Waals surface area contributed by atoms with Gasteiger partial charge in [0.25, 0.3) is 0 Å². The Hall–Kier alpha value is -1.52. The predicted octanol–water partition coefficient (Wildman–Crippen LogP) is 3.05. The van der Waals surface area contributed by atoms with Gasteiger partial charge in [0.05, 0.1) is 18.2 Å². The van der Waals surface area contributed by atoms with E-state index >= 15 is 0 Å². The summed E-state index contributed by atoms with van der Waals surface area (Å²) < 4.78 is 0. The zero-order valence-corrected chi connectivity index (χ0v) is 11.8. The van der Waals surface area contributed by atoms with Gasteiger partial charge < -0.3 is 5.73 Å². The Kier molecular flexibility index (Phi) is 4.82. The summed E-state index contributed by atoms with van der Waals surface area (Å²) in [6.45, 7) is 2.03. The Labute approximate surface area is 117 Å². The highest BCUT2D eigenvalue weighted by molar-refractivity contribution is 7.10. The number of hydrogen-bond donors (Lipinski definition) is 1. The summed E-state index contributed by atoms with van der Waals surface area (Å²) in [4.78, 5) is 16.4. The first-order valence-corrected chi connectivity index (χ1v) is 7.36. The van der Waals surface area contributed by atoms with E-state index in [2.05, 4.69) is 4.98 Å². The highest BCUT2D eigenvalue weighted by atomic mass is 32.1. The molecule has 4 heteroatoms. The summed E-state index contributed by atoms with van der Waals surface area (Å²) in [5.74, 6) is 0.0795. The van der Waals surface area contributed by atoms with Gasteiger partial charge in [0.2, 0.25) is 0 Å². The van der Waals surface area contributed by atoms with Crippen LogP contribution in [-0.4, -0.2) is 16.8 Å². The van der Waals surface area contributed by atoms with Crippen LogP contribution in [0.5, 0.6) is 0 Å². The molecule has 0 aliphatic carbocycles. The van der Waals surface area contributed by atoms with E-state index in [1.165, 1.54) is 11.3 Å². The average Bonchev–Trinajstić information content (AvgIpc) is 2.88. The molecule has 0 saturated carbocycles. The van der Waals surface area contributed by atoms with Gasteiger partial charge >= 0.3 is 0 Å². The van der Waals surface area contributed by atoms with Crippen molar-refractivity contribution >= 4 is 17.1 Å². The zero-order valence-electron chi connectivity index (χ0n) is 11.0. The number of benzene rings is 1. The summed E-state index contributed by atoms with van der Waals surface area (Å²) in [7, 11) is 0. The van der Waals surface area contributed by atoms with Crippen LogP contribution in [-0.2, 0) is 11.2 Å². The molecule has 2 aromatic rings. The first kappa shape index (κ1) is 13.9. The van der Waals surface area contributed by atoms with Gasteiger partial charge in [0.15, 0.2) is 5.78 Å². The van der Waals surface area contributed by atoms with E-state index in [-0.39, 0.29) is 11.8 Å². The Morgan fingerprint density at radius 2 is 2.11 bits per heavy atom. The number of ketones is 1. The highest BCUT2D eigenvalue weighted by Gasteiger charge is 2.15. The van der Waals surface area contributed by atoms with E-state index in [4.69, 9.17) is 5.73 Å². The lowest BCUT2D eigenvalue weighted by Gasteiger charge is -2.06. The minimum absolute atomic E-state index is 0.0795. The molecule has 1 heterocycles. The number of nitrogens with zero attached hydrogens (tertiary/aromatic N) is 1. The minimum atomic E-state index is -0.353. The molecule has 1 aromatic heterocycles. The molecule has 0 bridgehead atoms. The molecule has 1 aromatic carbocycles. The second-order valence-corrected chi connectivity index (χ2v) is 5.47. The number of hydrogen-bond acceptors (Lipinski definition) is 4. The lowest BCUT2D eigenvalue weighted by atomic mass is 10.1. The van der Waals surface area contributed by atoms with Gasteiger partial charge in [-0.3, -0.25) is 4.79 Å². The average molecular weight is 274 g/mol. The van der Waals surface area contributed by atoms with Crippen molar-refractivity contribution < 1.29 is 4.79 Å². The second-order valence-electron chi connectivity index (χ2n) is 4.53. The van der Waals surface area contributed by atoms with E-state index in [1.54, 1.807) is 0 Å². The molecule has 19 heavy (non-hydrogen) atoms. The molecule has 0 saturated heterocycles. The van der Waals surface area contributed by atoms with Gasteiger partial charge in [0.1, 0.15) is 5.01 Å². The maximum atomic E-state index is 11.9. The first-order chi connectivity index (χ1) is 9.20. The molecular formula is C15H18N2OS. The zero-order chi connectivity index (χ0) is 13.7. The molecule has 2 rings (SSSR count). The van der Waals surface area contributed by atoms with Crippen LogP contribution in [0.3, 0.4) is 0 Å². The largest absolute Gasteiger partial charge is 0.321 e. The molecule has 100 valence electrons. The smallest absolute Gasteiger partial charge is 0.156 e. The molecule has 0 aliphatic rings. The normalized spacial score (nSPS) is 12.3. The standard InChI is InChI=1S/C15H18N2OS/c1-2-6-12(16)14(18)9-15-17-13(10-19-15)11-7-4-3-5-8-11/h3-5,7-8,10,12H,2,6,9,16H2,1H3/t12-/m0/s1.